The van der Waals surface area contributed by atoms with Gasteiger partial charge in [0, 0.05) is 25.7 Å². The Balaban J connectivity index is 1.55. The van der Waals surface area contributed by atoms with E-state index in [0.717, 1.165) is 25.9 Å². The molecule has 0 aliphatic carbocycles. The second-order valence-corrected chi connectivity index (χ2v) is 9.37. The largest absolute Gasteiger partial charge is 0.405 e. The van der Waals surface area contributed by atoms with Crippen molar-refractivity contribution in [1.82, 2.24) is 15.2 Å². The first kappa shape index (κ1) is 22.8. The van der Waals surface area contributed by atoms with Gasteiger partial charge in [-0.3, -0.25) is 9.69 Å². The molecule has 1 N–H and O–H groups in total. The van der Waals surface area contributed by atoms with Crippen LogP contribution in [0.3, 0.4) is 0 Å². The minimum absolute atomic E-state index is 0.287. The fourth-order valence-electron chi connectivity index (χ4n) is 4.36. The van der Waals surface area contributed by atoms with Crippen molar-refractivity contribution >= 4 is 11.6 Å². The van der Waals surface area contributed by atoms with Gasteiger partial charge in [0.25, 0.3) is 5.91 Å². The van der Waals surface area contributed by atoms with E-state index in [9.17, 15) is 22.4 Å². The molecule has 0 saturated carbocycles. The number of anilines is 1. The van der Waals surface area contributed by atoms with Crippen molar-refractivity contribution in [2.24, 2.45) is 11.3 Å². The van der Waals surface area contributed by atoms with Gasteiger partial charge in [-0.1, -0.05) is 20.8 Å². The number of nitrogens with zero attached hydrogens (tertiary/aromatic N) is 3. The first-order chi connectivity index (χ1) is 13.9. The van der Waals surface area contributed by atoms with E-state index in [-0.39, 0.29) is 11.4 Å². The number of hydrogen-bond acceptors (Lipinski definition) is 4. The van der Waals surface area contributed by atoms with Gasteiger partial charge in [0.1, 0.15) is 12.2 Å². The Morgan fingerprint density at radius 2 is 1.80 bits per heavy atom. The Labute approximate surface area is 174 Å². The highest BCUT2D eigenvalue weighted by Crippen LogP contribution is 2.36. The summed E-state index contributed by atoms with van der Waals surface area (Å²) >= 11 is 0. The van der Waals surface area contributed by atoms with Crippen LogP contribution in [0, 0.1) is 17.3 Å². The number of carbonyl (C=O) groups is 1. The molecule has 1 aromatic rings. The molecule has 0 aromatic carbocycles. The van der Waals surface area contributed by atoms with E-state index in [0.29, 0.717) is 30.5 Å². The van der Waals surface area contributed by atoms with Crippen molar-refractivity contribution in [2.45, 2.75) is 52.3 Å². The fraction of sp³-hybridized carbons (Fsp3) is 0.714. The van der Waals surface area contributed by atoms with Crippen LogP contribution in [0.2, 0.25) is 0 Å². The van der Waals surface area contributed by atoms with Crippen LogP contribution in [0.25, 0.3) is 0 Å². The molecule has 2 saturated heterocycles. The van der Waals surface area contributed by atoms with Crippen LogP contribution in [-0.4, -0.2) is 60.7 Å². The maximum atomic E-state index is 14.5. The van der Waals surface area contributed by atoms with Gasteiger partial charge in [0.15, 0.2) is 0 Å². The van der Waals surface area contributed by atoms with E-state index in [1.54, 1.807) is 5.32 Å². The third-order valence-electron chi connectivity index (χ3n) is 6.28. The third kappa shape index (κ3) is 5.62. The van der Waals surface area contributed by atoms with Crippen LogP contribution < -0.4 is 10.2 Å². The molecule has 9 heteroatoms. The Morgan fingerprint density at radius 3 is 2.33 bits per heavy atom. The smallest absolute Gasteiger partial charge is 0.368 e. The summed E-state index contributed by atoms with van der Waals surface area (Å²) in [7, 11) is 0. The highest BCUT2D eigenvalue weighted by atomic mass is 19.4. The van der Waals surface area contributed by atoms with E-state index in [1.165, 1.54) is 18.6 Å². The van der Waals surface area contributed by atoms with Crippen LogP contribution in [0.1, 0.15) is 50.5 Å². The van der Waals surface area contributed by atoms with E-state index >= 15 is 0 Å². The van der Waals surface area contributed by atoms with Crippen molar-refractivity contribution in [3.63, 3.8) is 0 Å². The Bertz CT molecular complexity index is 754. The van der Waals surface area contributed by atoms with E-state index < -0.39 is 24.6 Å². The molecule has 168 valence electrons. The normalized spacial score (nSPS) is 21.8. The zero-order valence-electron chi connectivity index (χ0n) is 17.7. The van der Waals surface area contributed by atoms with Crippen LogP contribution in [0.15, 0.2) is 12.1 Å². The summed E-state index contributed by atoms with van der Waals surface area (Å²) in [5.41, 5.74) is 0.230. The van der Waals surface area contributed by atoms with Crippen molar-refractivity contribution in [2.75, 3.05) is 37.6 Å². The molecule has 2 aliphatic heterocycles. The molecule has 0 radical (unpaired) electrons. The summed E-state index contributed by atoms with van der Waals surface area (Å²) < 4.78 is 51.1. The van der Waals surface area contributed by atoms with Gasteiger partial charge in [-0.05, 0) is 49.3 Å². The third-order valence-corrected chi connectivity index (χ3v) is 6.28. The second kappa shape index (κ2) is 8.69. The average Bonchev–Trinajstić information content (AvgIpc) is 3.16. The number of alkyl halides is 3. The van der Waals surface area contributed by atoms with Crippen molar-refractivity contribution in [3.8, 4) is 0 Å². The van der Waals surface area contributed by atoms with E-state index in [1.807, 2.05) is 4.90 Å². The monoisotopic (exact) mass is 430 g/mol. The second-order valence-electron chi connectivity index (χ2n) is 9.37. The standard InChI is InChI=1S/C21H30F4N4O/c1-20(2,3)14-6-9-29(12-14)15-7-10-28(11-8-15)17-5-4-16(27-18(17)22)19(30)26-13-21(23,24)25/h4-5,14-15H,6-13H2,1-3H3,(H,26,30). The predicted octanol–water partition coefficient (Wildman–Crippen LogP) is 3.85. The molecule has 2 aliphatic rings. The summed E-state index contributed by atoms with van der Waals surface area (Å²) in [5, 5.41) is 1.70. The lowest BCUT2D eigenvalue weighted by Crippen LogP contribution is -2.44. The number of piperidine rings is 1. The number of hydrogen-bond donors (Lipinski definition) is 1. The SMILES string of the molecule is CC(C)(C)C1CCN(C2CCN(c3ccc(C(=O)NCC(F)(F)F)nc3F)CC2)C1. The summed E-state index contributed by atoms with van der Waals surface area (Å²) in [6.45, 7) is 8.94. The molecule has 3 heterocycles. The maximum absolute atomic E-state index is 14.5. The van der Waals surface area contributed by atoms with Crippen LogP contribution in [-0.2, 0) is 0 Å². The minimum atomic E-state index is -4.53. The van der Waals surface area contributed by atoms with Gasteiger partial charge in [0.2, 0.25) is 5.95 Å². The zero-order valence-corrected chi connectivity index (χ0v) is 17.7. The molecule has 30 heavy (non-hydrogen) atoms. The van der Waals surface area contributed by atoms with Crippen molar-refractivity contribution < 1.29 is 22.4 Å². The minimum Gasteiger partial charge on any atom is -0.368 e. The summed E-state index contributed by atoms with van der Waals surface area (Å²) in [6.07, 6.45) is -1.48. The number of halogens is 4. The molecular formula is C21H30F4N4O. The Kier molecular flexibility index (Phi) is 6.60. The van der Waals surface area contributed by atoms with Gasteiger partial charge < -0.3 is 10.2 Å². The maximum Gasteiger partial charge on any atom is 0.405 e. The van der Waals surface area contributed by atoms with Gasteiger partial charge in [-0.25, -0.2) is 4.98 Å². The average molecular weight is 430 g/mol. The number of likely N-dealkylation sites (tertiary alicyclic amines) is 1. The van der Waals surface area contributed by atoms with Crippen LogP contribution in [0.4, 0.5) is 23.2 Å². The molecule has 3 rings (SSSR count). The van der Waals surface area contributed by atoms with E-state index in [2.05, 4.69) is 30.7 Å². The lowest BCUT2D eigenvalue weighted by molar-refractivity contribution is -0.123. The molecule has 1 atom stereocenters. The first-order valence-electron chi connectivity index (χ1n) is 10.4. The lowest BCUT2D eigenvalue weighted by atomic mass is 9.80. The van der Waals surface area contributed by atoms with Crippen molar-refractivity contribution in [3.05, 3.63) is 23.8 Å². The number of nitrogens with one attached hydrogen (secondary N) is 1. The summed E-state index contributed by atoms with van der Waals surface area (Å²) in [6, 6.07) is 3.18. The van der Waals surface area contributed by atoms with Crippen molar-refractivity contribution in [1.29, 1.82) is 0 Å². The molecular weight excluding hydrogens is 400 g/mol. The quantitative estimate of drug-likeness (QED) is 0.582. The lowest BCUT2D eigenvalue weighted by Gasteiger charge is -2.38. The highest BCUT2D eigenvalue weighted by Gasteiger charge is 2.36. The zero-order chi connectivity index (χ0) is 22.1. The van der Waals surface area contributed by atoms with Gasteiger partial charge in [-0.15, -0.1) is 0 Å². The summed E-state index contributed by atoms with van der Waals surface area (Å²) in [5.74, 6) is -1.19. The molecule has 1 amide bonds. The Hall–Kier alpha value is -1.90. The fourth-order valence-corrected chi connectivity index (χ4v) is 4.36. The topological polar surface area (TPSA) is 48.5 Å². The molecule has 0 spiro atoms. The predicted molar refractivity (Wildman–Crippen MR) is 107 cm³/mol. The number of aromatic nitrogens is 1. The van der Waals surface area contributed by atoms with Gasteiger partial charge in [-0.2, -0.15) is 17.6 Å². The number of amides is 1. The molecule has 5 nitrogen and oxygen atoms in total. The van der Waals surface area contributed by atoms with Crippen LogP contribution >= 0.6 is 0 Å². The molecule has 1 aromatic heterocycles. The Morgan fingerprint density at radius 1 is 1.13 bits per heavy atom. The molecule has 2 fully saturated rings. The number of carbonyl (C=O) groups excluding carboxylic acids is 1. The molecule has 1 unspecified atom stereocenters. The number of pyridine rings is 1. The van der Waals surface area contributed by atoms with Gasteiger partial charge >= 0.3 is 6.18 Å². The number of rotatable bonds is 4. The molecule has 0 bridgehead atoms. The summed E-state index contributed by atoms with van der Waals surface area (Å²) in [4.78, 5) is 19.8. The van der Waals surface area contributed by atoms with Crippen LogP contribution in [0.5, 0.6) is 0 Å². The van der Waals surface area contributed by atoms with Gasteiger partial charge in [0.05, 0.1) is 5.69 Å². The first-order valence-corrected chi connectivity index (χ1v) is 10.4. The van der Waals surface area contributed by atoms with E-state index in [4.69, 9.17) is 0 Å². The highest BCUT2D eigenvalue weighted by molar-refractivity contribution is 5.92.